The normalized spacial score (nSPS) is 15.9. The number of rotatable bonds is 2. The number of aromatic nitrogens is 1. The molecule has 3 aromatic rings. The van der Waals surface area contributed by atoms with Gasteiger partial charge in [0.05, 0.1) is 5.69 Å². The first-order valence-electron chi connectivity index (χ1n) is 8.54. The van der Waals surface area contributed by atoms with Crippen LogP contribution >= 0.6 is 15.9 Å². The fourth-order valence-electron chi connectivity index (χ4n) is 3.72. The van der Waals surface area contributed by atoms with Crippen LogP contribution in [-0.2, 0) is 6.42 Å². The molecule has 0 saturated heterocycles. The van der Waals surface area contributed by atoms with Gasteiger partial charge in [-0.05, 0) is 47.7 Å². The Kier molecular flexibility index (Phi) is 3.92. The summed E-state index contributed by atoms with van der Waals surface area (Å²) >= 11 is 3.50. The van der Waals surface area contributed by atoms with E-state index in [9.17, 15) is 4.79 Å². The minimum absolute atomic E-state index is 0.00798. The molecule has 0 aliphatic heterocycles. The summed E-state index contributed by atoms with van der Waals surface area (Å²) in [6.45, 7) is 4.35. The highest BCUT2D eigenvalue weighted by Gasteiger charge is 2.34. The zero-order valence-electron chi connectivity index (χ0n) is 14.4. The van der Waals surface area contributed by atoms with E-state index in [4.69, 9.17) is 0 Å². The third-order valence-electron chi connectivity index (χ3n) is 4.84. The Balaban J connectivity index is 1.99. The zero-order valence-corrected chi connectivity index (χ0v) is 16.0. The number of nitrogens with zero attached hydrogens (tertiary/aromatic N) is 1. The van der Waals surface area contributed by atoms with Gasteiger partial charge in [-0.15, -0.1) is 0 Å². The summed E-state index contributed by atoms with van der Waals surface area (Å²) in [6.07, 6.45) is 1.51. The maximum atomic E-state index is 12.8. The van der Waals surface area contributed by atoms with Crippen LogP contribution in [0, 0.1) is 5.41 Å². The summed E-state index contributed by atoms with van der Waals surface area (Å²) in [6, 6.07) is 20.7. The Morgan fingerprint density at radius 1 is 0.960 bits per heavy atom. The van der Waals surface area contributed by atoms with Crippen LogP contribution < -0.4 is 0 Å². The predicted molar refractivity (Wildman–Crippen MR) is 105 cm³/mol. The first-order valence-corrected chi connectivity index (χ1v) is 9.33. The van der Waals surface area contributed by atoms with Gasteiger partial charge in [-0.25, -0.2) is 0 Å². The van der Waals surface area contributed by atoms with Crippen molar-refractivity contribution in [1.82, 2.24) is 4.57 Å². The van der Waals surface area contributed by atoms with Gasteiger partial charge in [0.25, 0.3) is 0 Å². The van der Waals surface area contributed by atoms with Gasteiger partial charge in [0.2, 0.25) is 0 Å². The van der Waals surface area contributed by atoms with Gasteiger partial charge in [-0.1, -0.05) is 60.1 Å². The molecule has 1 aliphatic rings. The molecule has 3 heteroatoms. The van der Waals surface area contributed by atoms with Gasteiger partial charge >= 0.3 is 0 Å². The minimum atomic E-state index is -0.00798. The van der Waals surface area contributed by atoms with Crippen LogP contribution in [0.4, 0.5) is 0 Å². The van der Waals surface area contributed by atoms with Crippen molar-refractivity contribution in [2.24, 2.45) is 5.41 Å². The lowest BCUT2D eigenvalue weighted by molar-refractivity contribution is 0.0911. The fraction of sp³-hybridized carbons (Fsp3) is 0.227. The molecular weight excluding hydrogens is 374 g/mol. The van der Waals surface area contributed by atoms with E-state index in [0.717, 1.165) is 39.1 Å². The first-order chi connectivity index (χ1) is 11.9. The molecule has 2 aromatic carbocycles. The van der Waals surface area contributed by atoms with E-state index in [1.165, 1.54) is 0 Å². The predicted octanol–water partition coefficient (Wildman–Crippen LogP) is 6.06. The summed E-state index contributed by atoms with van der Waals surface area (Å²) < 4.78 is 3.31. The molecule has 0 N–H and O–H groups in total. The molecule has 0 radical (unpaired) electrons. The number of carbonyl (C=O) groups excluding carboxylic acids is 1. The van der Waals surface area contributed by atoms with Crippen molar-refractivity contribution in [3.05, 3.63) is 76.4 Å². The monoisotopic (exact) mass is 393 g/mol. The average Bonchev–Trinajstić information content (AvgIpc) is 2.94. The number of hydrogen-bond donors (Lipinski definition) is 0. The number of carbonyl (C=O) groups is 1. The molecular formula is C22H20BrNO. The molecule has 1 heterocycles. The molecule has 0 amide bonds. The van der Waals surface area contributed by atoms with Crippen LogP contribution in [0.5, 0.6) is 0 Å². The minimum Gasteiger partial charge on any atom is -0.313 e. The lowest BCUT2D eigenvalue weighted by Crippen LogP contribution is -2.27. The summed E-state index contributed by atoms with van der Waals surface area (Å²) in [5.41, 5.74) is 5.30. The SMILES string of the molecule is CC1(C)CC(=O)c2cc(-c3ccc(Br)cc3)n(-c3ccccc3)c2C1. The molecule has 1 aliphatic carbocycles. The second-order valence-electron chi connectivity index (χ2n) is 7.51. The highest BCUT2D eigenvalue weighted by molar-refractivity contribution is 9.10. The van der Waals surface area contributed by atoms with Crippen LogP contribution in [0.1, 0.15) is 36.3 Å². The van der Waals surface area contributed by atoms with Crippen LogP contribution in [0.15, 0.2) is 65.1 Å². The largest absolute Gasteiger partial charge is 0.313 e. The highest BCUT2D eigenvalue weighted by Crippen LogP contribution is 2.40. The lowest BCUT2D eigenvalue weighted by Gasteiger charge is -2.30. The van der Waals surface area contributed by atoms with Gasteiger partial charge in [0.15, 0.2) is 5.78 Å². The molecule has 25 heavy (non-hydrogen) atoms. The number of halogens is 1. The molecule has 0 spiro atoms. The van der Waals surface area contributed by atoms with Gasteiger partial charge in [-0.3, -0.25) is 4.79 Å². The van der Waals surface area contributed by atoms with Gasteiger partial charge in [-0.2, -0.15) is 0 Å². The van der Waals surface area contributed by atoms with E-state index in [1.807, 2.05) is 30.3 Å². The van der Waals surface area contributed by atoms with Crippen molar-refractivity contribution in [3.8, 4) is 16.9 Å². The topological polar surface area (TPSA) is 22.0 Å². The summed E-state index contributed by atoms with van der Waals surface area (Å²) in [5, 5.41) is 0. The molecule has 0 bridgehead atoms. The van der Waals surface area contributed by atoms with E-state index < -0.39 is 0 Å². The Labute approximate surface area is 156 Å². The maximum Gasteiger partial charge on any atom is 0.165 e. The average molecular weight is 394 g/mol. The van der Waals surface area contributed by atoms with Crippen LogP contribution in [0.3, 0.4) is 0 Å². The Hall–Kier alpha value is -2.13. The number of Topliss-reactive ketones (excluding diaryl/α,β-unsaturated/α-hetero) is 1. The standard InChI is InChI=1S/C22H20BrNO/c1-22(2)13-20-18(21(25)14-22)12-19(15-8-10-16(23)11-9-15)24(20)17-6-4-3-5-7-17/h3-12H,13-14H2,1-2H3. The lowest BCUT2D eigenvalue weighted by atomic mass is 9.76. The summed E-state index contributed by atoms with van der Waals surface area (Å²) in [5.74, 6) is 0.249. The summed E-state index contributed by atoms with van der Waals surface area (Å²) in [4.78, 5) is 12.8. The number of ketones is 1. The van der Waals surface area contributed by atoms with E-state index >= 15 is 0 Å². The van der Waals surface area contributed by atoms with Crippen molar-refractivity contribution in [3.63, 3.8) is 0 Å². The van der Waals surface area contributed by atoms with Gasteiger partial charge in [0.1, 0.15) is 0 Å². The Morgan fingerprint density at radius 3 is 2.32 bits per heavy atom. The van der Waals surface area contributed by atoms with Gasteiger partial charge < -0.3 is 4.57 Å². The second kappa shape index (κ2) is 5.99. The van der Waals surface area contributed by atoms with Crippen molar-refractivity contribution in [2.45, 2.75) is 26.7 Å². The van der Waals surface area contributed by atoms with Crippen LogP contribution in [0.25, 0.3) is 16.9 Å². The molecule has 0 saturated carbocycles. The first kappa shape index (κ1) is 16.3. The molecule has 0 atom stereocenters. The van der Waals surface area contributed by atoms with E-state index in [1.54, 1.807) is 0 Å². The molecule has 1 aromatic heterocycles. The number of fused-ring (bicyclic) bond motifs is 1. The van der Waals surface area contributed by atoms with Gasteiger partial charge in [0, 0.05) is 27.8 Å². The zero-order chi connectivity index (χ0) is 17.6. The van der Waals surface area contributed by atoms with E-state index in [2.05, 4.69) is 64.7 Å². The quantitative estimate of drug-likeness (QED) is 0.518. The number of para-hydroxylation sites is 1. The van der Waals surface area contributed by atoms with Crippen LogP contribution in [0.2, 0.25) is 0 Å². The second-order valence-corrected chi connectivity index (χ2v) is 8.42. The molecule has 2 nitrogen and oxygen atoms in total. The van der Waals surface area contributed by atoms with Crippen molar-refractivity contribution in [2.75, 3.05) is 0 Å². The van der Waals surface area contributed by atoms with Crippen molar-refractivity contribution < 1.29 is 4.79 Å². The van der Waals surface area contributed by atoms with Crippen molar-refractivity contribution in [1.29, 1.82) is 0 Å². The Morgan fingerprint density at radius 2 is 1.64 bits per heavy atom. The fourth-order valence-corrected chi connectivity index (χ4v) is 3.98. The third-order valence-corrected chi connectivity index (χ3v) is 5.37. The van der Waals surface area contributed by atoms with E-state index in [0.29, 0.717) is 6.42 Å². The summed E-state index contributed by atoms with van der Waals surface area (Å²) in [7, 11) is 0. The number of hydrogen-bond acceptors (Lipinski definition) is 1. The Bertz CT molecular complexity index is 936. The molecule has 4 rings (SSSR count). The smallest absolute Gasteiger partial charge is 0.165 e. The van der Waals surface area contributed by atoms with Crippen LogP contribution in [-0.4, -0.2) is 10.4 Å². The van der Waals surface area contributed by atoms with Crippen molar-refractivity contribution >= 4 is 21.7 Å². The highest BCUT2D eigenvalue weighted by atomic mass is 79.9. The molecule has 0 unspecified atom stereocenters. The number of benzene rings is 2. The molecule has 0 fully saturated rings. The third kappa shape index (κ3) is 2.98. The van der Waals surface area contributed by atoms with E-state index in [-0.39, 0.29) is 11.2 Å². The molecule has 126 valence electrons. The maximum absolute atomic E-state index is 12.8.